The van der Waals surface area contributed by atoms with Crippen molar-refractivity contribution in [3.05, 3.63) is 48.5 Å². The SMILES string of the molecule is CN1C[C@@H](CO[P@](=O)(Cl)N(C)C)O[C@@H](n2cnc3c(NC(=O)c4ccccc4)ncnc32)C1. The fourth-order valence-electron chi connectivity index (χ4n) is 3.46. The van der Waals surface area contributed by atoms with Crippen LogP contribution >= 0.6 is 18.1 Å². The van der Waals surface area contributed by atoms with Gasteiger partial charge in [0.25, 0.3) is 5.91 Å². The molecule has 1 N–H and O–H groups in total. The molecule has 1 aliphatic rings. The number of hydrogen-bond acceptors (Lipinski definition) is 8. The Balaban J connectivity index is 1.53. The lowest BCUT2D eigenvalue weighted by atomic mass is 10.2. The minimum absolute atomic E-state index is 0.0692. The Morgan fingerprint density at radius 1 is 1.27 bits per heavy atom. The molecule has 176 valence electrons. The summed E-state index contributed by atoms with van der Waals surface area (Å²) in [5, 5.41) is 2.80. The highest BCUT2D eigenvalue weighted by molar-refractivity contribution is 7.83. The van der Waals surface area contributed by atoms with Crippen molar-refractivity contribution in [2.45, 2.75) is 12.3 Å². The lowest BCUT2D eigenvalue weighted by Gasteiger charge is -2.36. The largest absolute Gasteiger partial charge is 0.362 e. The number of benzene rings is 1. The number of halogens is 1. The van der Waals surface area contributed by atoms with E-state index in [0.29, 0.717) is 35.6 Å². The molecule has 4 rings (SSSR count). The number of ether oxygens (including phenoxy) is 1. The van der Waals surface area contributed by atoms with Crippen LogP contribution in [0.15, 0.2) is 43.0 Å². The highest BCUT2D eigenvalue weighted by Crippen LogP contribution is 2.54. The third kappa shape index (κ3) is 5.40. The van der Waals surface area contributed by atoms with Crippen LogP contribution in [0.2, 0.25) is 0 Å². The van der Waals surface area contributed by atoms with Crippen LogP contribution in [-0.2, 0) is 13.8 Å². The van der Waals surface area contributed by atoms with Crippen molar-refractivity contribution >= 4 is 41.0 Å². The number of likely N-dealkylation sites (N-methyl/N-ethyl adjacent to an activating group) is 1. The zero-order valence-corrected chi connectivity index (χ0v) is 20.1. The van der Waals surface area contributed by atoms with Gasteiger partial charge < -0.3 is 14.6 Å². The third-order valence-corrected chi connectivity index (χ3v) is 7.79. The standard InChI is InChI=1S/C20H25ClN7O4P/c1-26(2)33(21,30)31-11-15-9-27(3)10-16(32-15)28-13-24-17-18(22-12-23-19(17)28)25-20(29)14-7-5-4-6-8-14/h4-8,12-13,15-16H,9-11H2,1-3H3,(H,22,23,25,29)/t15-,16+,33+/m0/s1. The molecule has 3 aromatic rings. The number of morpholine rings is 1. The Bertz CT molecular complexity index is 1180. The van der Waals surface area contributed by atoms with Crippen molar-refractivity contribution in [1.29, 1.82) is 0 Å². The number of hydrogen-bond donors (Lipinski definition) is 1. The van der Waals surface area contributed by atoms with E-state index in [-0.39, 0.29) is 18.6 Å². The average molecular weight is 494 g/mol. The summed E-state index contributed by atoms with van der Waals surface area (Å²) in [5.41, 5.74) is 1.48. The first-order valence-corrected chi connectivity index (χ1v) is 12.7. The Morgan fingerprint density at radius 3 is 2.76 bits per heavy atom. The van der Waals surface area contributed by atoms with Gasteiger partial charge in [0, 0.05) is 18.7 Å². The summed E-state index contributed by atoms with van der Waals surface area (Å²) in [5.74, 6) is 0.0214. The number of nitrogens with one attached hydrogen (secondary N) is 1. The zero-order chi connectivity index (χ0) is 23.6. The van der Waals surface area contributed by atoms with E-state index >= 15 is 0 Å². The number of carbonyl (C=O) groups excluding carboxylic acids is 1. The molecule has 1 aromatic carbocycles. The molecule has 11 nitrogen and oxygen atoms in total. The van der Waals surface area contributed by atoms with Gasteiger partial charge in [-0.15, -0.1) is 0 Å². The molecule has 3 heterocycles. The van der Waals surface area contributed by atoms with E-state index < -0.39 is 13.1 Å². The Kier molecular flexibility index (Phi) is 7.08. The molecule has 0 saturated carbocycles. The fraction of sp³-hybridized carbons (Fsp3) is 0.400. The second kappa shape index (κ2) is 9.84. The van der Waals surface area contributed by atoms with E-state index in [1.54, 1.807) is 49.3 Å². The van der Waals surface area contributed by atoms with Gasteiger partial charge in [0.05, 0.1) is 19.0 Å². The fourth-order valence-corrected chi connectivity index (χ4v) is 4.21. The van der Waals surface area contributed by atoms with E-state index in [1.807, 2.05) is 13.1 Å². The van der Waals surface area contributed by atoms with E-state index in [2.05, 4.69) is 25.2 Å². The number of carbonyl (C=O) groups is 1. The van der Waals surface area contributed by atoms with Gasteiger partial charge >= 0.3 is 6.87 Å². The van der Waals surface area contributed by atoms with Gasteiger partial charge in [0.15, 0.2) is 17.0 Å². The van der Waals surface area contributed by atoms with E-state index in [0.717, 1.165) is 0 Å². The lowest BCUT2D eigenvalue weighted by molar-refractivity contribution is -0.124. The van der Waals surface area contributed by atoms with Crippen LogP contribution in [0.1, 0.15) is 16.6 Å². The quantitative estimate of drug-likeness (QED) is 0.496. The van der Waals surface area contributed by atoms with Crippen LogP contribution in [0.25, 0.3) is 11.2 Å². The van der Waals surface area contributed by atoms with E-state index in [4.69, 9.17) is 20.5 Å². The van der Waals surface area contributed by atoms with Crippen molar-refractivity contribution < 1.29 is 18.6 Å². The monoisotopic (exact) mass is 493 g/mol. The van der Waals surface area contributed by atoms with Gasteiger partial charge in [-0.25, -0.2) is 19.6 Å². The molecule has 0 aliphatic carbocycles. The molecular weight excluding hydrogens is 469 g/mol. The van der Waals surface area contributed by atoms with Gasteiger partial charge in [0.1, 0.15) is 12.6 Å². The molecule has 1 fully saturated rings. The summed E-state index contributed by atoms with van der Waals surface area (Å²) in [6, 6.07) is 8.86. The van der Waals surface area contributed by atoms with Crippen molar-refractivity contribution in [3.8, 4) is 0 Å². The molecule has 33 heavy (non-hydrogen) atoms. The van der Waals surface area contributed by atoms with Gasteiger partial charge in [0.2, 0.25) is 0 Å². The first kappa shape index (κ1) is 23.7. The third-order valence-electron chi connectivity index (χ3n) is 5.17. The maximum absolute atomic E-state index is 12.6. The number of anilines is 1. The van der Waals surface area contributed by atoms with Gasteiger partial charge in [-0.3, -0.25) is 18.8 Å². The summed E-state index contributed by atoms with van der Waals surface area (Å²) in [4.78, 5) is 27.6. The molecular formula is C20H25ClN7O4P. The Labute approximate surface area is 196 Å². The molecule has 0 spiro atoms. The predicted molar refractivity (Wildman–Crippen MR) is 124 cm³/mol. The van der Waals surface area contributed by atoms with Gasteiger partial charge in [-0.05, 0) is 44.5 Å². The van der Waals surface area contributed by atoms with Crippen LogP contribution in [0, 0.1) is 0 Å². The number of imidazole rings is 1. The molecule has 2 aromatic heterocycles. The maximum Gasteiger partial charge on any atom is 0.362 e. The number of rotatable bonds is 7. The lowest BCUT2D eigenvalue weighted by Crippen LogP contribution is -2.45. The summed E-state index contributed by atoms with van der Waals surface area (Å²) in [7, 11) is 5.14. The first-order valence-electron chi connectivity index (χ1n) is 10.2. The predicted octanol–water partition coefficient (Wildman–Crippen LogP) is 2.83. The van der Waals surface area contributed by atoms with E-state index in [9.17, 15) is 9.36 Å². The Hall–Kier alpha value is -2.40. The average Bonchev–Trinajstić information content (AvgIpc) is 3.23. The minimum atomic E-state index is -3.39. The highest BCUT2D eigenvalue weighted by atomic mass is 35.7. The van der Waals surface area contributed by atoms with E-state index in [1.165, 1.54) is 11.0 Å². The first-order chi connectivity index (χ1) is 15.7. The number of fused-ring (bicyclic) bond motifs is 1. The number of nitrogens with zero attached hydrogens (tertiary/aromatic N) is 6. The van der Waals surface area contributed by atoms with Crippen molar-refractivity contribution in [2.24, 2.45) is 0 Å². The van der Waals surface area contributed by atoms with Crippen LogP contribution in [-0.4, -0.2) is 81.9 Å². The molecule has 13 heteroatoms. The molecule has 0 bridgehead atoms. The van der Waals surface area contributed by atoms with Crippen LogP contribution in [0.4, 0.5) is 5.82 Å². The van der Waals surface area contributed by atoms with Crippen molar-refractivity contribution in [1.82, 2.24) is 29.1 Å². The van der Waals surface area contributed by atoms with Gasteiger partial charge in [-0.2, -0.15) is 0 Å². The zero-order valence-electron chi connectivity index (χ0n) is 18.5. The topological polar surface area (TPSA) is 115 Å². The van der Waals surface area contributed by atoms with Crippen molar-refractivity contribution in [3.63, 3.8) is 0 Å². The molecule has 3 atom stereocenters. The highest BCUT2D eigenvalue weighted by Gasteiger charge is 2.32. The minimum Gasteiger partial charge on any atom is -0.350 e. The smallest absolute Gasteiger partial charge is 0.350 e. The molecule has 1 aliphatic heterocycles. The normalized spacial score (nSPS) is 21.2. The van der Waals surface area contributed by atoms with Crippen molar-refractivity contribution in [2.75, 3.05) is 46.2 Å². The second-order valence-corrected chi connectivity index (χ2v) is 11.1. The maximum atomic E-state index is 12.6. The number of amides is 1. The summed E-state index contributed by atoms with van der Waals surface area (Å²) in [6.45, 7) is -2.16. The molecule has 1 amide bonds. The van der Waals surface area contributed by atoms with Crippen LogP contribution in [0.3, 0.4) is 0 Å². The summed E-state index contributed by atoms with van der Waals surface area (Å²) < 4.78 is 27.0. The molecule has 0 radical (unpaired) electrons. The van der Waals surface area contributed by atoms with Crippen LogP contribution in [0.5, 0.6) is 0 Å². The molecule has 1 saturated heterocycles. The second-order valence-electron chi connectivity index (χ2n) is 7.89. The van der Waals surface area contributed by atoms with Gasteiger partial charge in [-0.1, -0.05) is 18.2 Å². The number of aromatic nitrogens is 4. The summed E-state index contributed by atoms with van der Waals surface area (Å²) >= 11 is 5.97. The molecule has 0 unspecified atom stereocenters. The van der Waals surface area contributed by atoms with Crippen LogP contribution < -0.4 is 5.32 Å². The summed E-state index contributed by atoms with van der Waals surface area (Å²) in [6.07, 6.45) is 2.18. The Morgan fingerprint density at radius 2 is 2.03 bits per heavy atom.